The maximum absolute atomic E-state index is 14.0. The van der Waals surface area contributed by atoms with Gasteiger partial charge in [-0.1, -0.05) is 5.21 Å². The lowest BCUT2D eigenvalue weighted by Crippen LogP contribution is -2.38. The van der Waals surface area contributed by atoms with Crippen molar-refractivity contribution >= 4 is 11.8 Å². The number of rotatable bonds is 7. The predicted octanol–water partition coefficient (Wildman–Crippen LogP) is 0.642. The van der Waals surface area contributed by atoms with Gasteiger partial charge in [-0.25, -0.2) is 14.1 Å². The van der Waals surface area contributed by atoms with Crippen molar-refractivity contribution in [1.29, 1.82) is 0 Å². The van der Waals surface area contributed by atoms with E-state index in [-0.39, 0.29) is 49.0 Å². The molecule has 0 saturated carbocycles. The Morgan fingerprint density at radius 2 is 2.22 bits per heavy atom. The topological polar surface area (TPSA) is 97.9 Å². The fourth-order valence-corrected chi connectivity index (χ4v) is 3.17. The summed E-state index contributed by atoms with van der Waals surface area (Å²) >= 11 is 0. The summed E-state index contributed by atoms with van der Waals surface area (Å²) in [5.74, 6) is -0.411. The molecule has 3 rings (SSSR count). The fraction of sp³-hybridized carbons (Fsp3) is 0.588. The Balaban J connectivity index is 1.60. The molecule has 2 aromatic rings. The third kappa shape index (κ3) is 4.89. The van der Waals surface area contributed by atoms with Crippen LogP contribution < -0.4 is 5.32 Å². The Morgan fingerprint density at radius 3 is 2.93 bits per heavy atom. The molecule has 1 fully saturated rings. The zero-order valence-corrected chi connectivity index (χ0v) is 15.5. The second-order valence-electron chi connectivity index (χ2n) is 7.04. The lowest BCUT2D eigenvalue weighted by molar-refractivity contribution is -0.132. The summed E-state index contributed by atoms with van der Waals surface area (Å²) in [5, 5.41) is 10.6. The van der Waals surface area contributed by atoms with E-state index < -0.39 is 6.17 Å². The SMILES string of the molecule is CC(C)NC(=O)c1cn(C[C@@H]2C[C@H](F)CN2C(=O)CCn2ccnc2)nn1. The minimum atomic E-state index is -1.06. The molecule has 1 aliphatic rings. The summed E-state index contributed by atoms with van der Waals surface area (Å²) in [4.78, 5) is 30.0. The van der Waals surface area contributed by atoms with Gasteiger partial charge < -0.3 is 14.8 Å². The number of hydrogen-bond acceptors (Lipinski definition) is 5. The molecule has 0 aliphatic carbocycles. The summed E-state index contributed by atoms with van der Waals surface area (Å²) in [6.07, 6.45) is 6.08. The highest BCUT2D eigenvalue weighted by Gasteiger charge is 2.35. The fourth-order valence-electron chi connectivity index (χ4n) is 3.17. The number of nitrogens with one attached hydrogen (secondary N) is 1. The van der Waals surface area contributed by atoms with Gasteiger partial charge in [-0.05, 0) is 13.8 Å². The van der Waals surface area contributed by atoms with Crippen LogP contribution in [0.3, 0.4) is 0 Å². The summed E-state index contributed by atoms with van der Waals surface area (Å²) < 4.78 is 17.3. The van der Waals surface area contributed by atoms with Crippen molar-refractivity contribution in [3.63, 3.8) is 0 Å². The molecule has 0 radical (unpaired) electrons. The Morgan fingerprint density at radius 1 is 1.41 bits per heavy atom. The predicted molar refractivity (Wildman–Crippen MR) is 94.5 cm³/mol. The number of imidazole rings is 1. The highest BCUT2D eigenvalue weighted by atomic mass is 19.1. The first-order valence-electron chi connectivity index (χ1n) is 9.02. The number of amides is 2. The Labute approximate surface area is 156 Å². The van der Waals surface area contributed by atoms with E-state index >= 15 is 0 Å². The van der Waals surface area contributed by atoms with Gasteiger partial charge >= 0.3 is 0 Å². The molecule has 9 nitrogen and oxygen atoms in total. The molecule has 2 amide bonds. The van der Waals surface area contributed by atoms with Crippen LogP contribution in [0.5, 0.6) is 0 Å². The van der Waals surface area contributed by atoms with Crippen LogP contribution in [0.4, 0.5) is 4.39 Å². The molecule has 1 N–H and O–H groups in total. The number of nitrogens with zero attached hydrogens (tertiary/aromatic N) is 6. The van der Waals surface area contributed by atoms with Crippen molar-refractivity contribution in [2.75, 3.05) is 6.54 Å². The second-order valence-corrected chi connectivity index (χ2v) is 7.04. The van der Waals surface area contributed by atoms with Gasteiger partial charge in [0.25, 0.3) is 5.91 Å². The van der Waals surface area contributed by atoms with Crippen LogP contribution in [0.25, 0.3) is 0 Å². The summed E-state index contributed by atoms with van der Waals surface area (Å²) in [6.45, 7) is 4.61. The zero-order chi connectivity index (χ0) is 19.4. The van der Waals surface area contributed by atoms with Crippen molar-refractivity contribution in [1.82, 2.24) is 34.8 Å². The van der Waals surface area contributed by atoms with Crippen LogP contribution >= 0.6 is 0 Å². The number of aryl methyl sites for hydroxylation is 1. The average Bonchev–Trinajstić information content (AvgIpc) is 3.33. The van der Waals surface area contributed by atoms with E-state index in [4.69, 9.17) is 0 Å². The normalized spacial score (nSPS) is 19.6. The molecule has 10 heteroatoms. The molecular weight excluding hydrogens is 353 g/mol. The quantitative estimate of drug-likeness (QED) is 0.764. The number of likely N-dealkylation sites (tertiary alicyclic amines) is 1. The number of aromatic nitrogens is 5. The molecule has 146 valence electrons. The number of hydrogen-bond donors (Lipinski definition) is 1. The van der Waals surface area contributed by atoms with Gasteiger partial charge in [0, 0.05) is 37.8 Å². The molecule has 0 bridgehead atoms. The average molecular weight is 377 g/mol. The number of carbonyl (C=O) groups excluding carboxylic acids is 2. The Kier molecular flexibility index (Phi) is 5.82. The van der Waals surface area contributed by atoms with Crippen molar-refractivity contribution in [3.8, 4) is 0 Å². The summed E-state index contributed by atoms with van der Waals surface area (Å²) in [6, 6.07) is -0.314. The lowest BCUT2D eigenvalue weighted by Gasteiger charge is -2.24. The third-order valence-corrected chi connectivity index (χ3v) is 4.42. The van der Waals surface area contributed by atoms with Gasteiger partial charge in [-0.3, -0.25) is 9.59 Å². The third-order valence-electron chi connectivity index (χ3n) is 4.42. The minimum Gasteiger partial charge on any atom is -0.348 e. The van der Waals surface area contributed by atoms with Gasteiger partial charge in [0.1, 0.15) is 6.17 Å². The van der Waals surface area contributed by atoms with Crippen LogP contribution in [-0.4, -0.2) is 66.1 Å². The van der Waals surface area contributed by atoms with Gasteiger partial charge in [0.2, 0.25) is 5.91 Å². The van der Waals surface area contributed by atoms with Crippen LogP contribution in [0.1, 0.15) is 37.2 Å². The van der Waals surface area contributed by atoms with Gasteiger partial charge in [-0.15, -0.1) is 5.10 Å². The van der Waals surface area contributed by atoms with Crippen molar-refractivity contribution in [2.45, 2.75) is 58.0 Å². The summed E-state index contributed by atoms with van der Waals surface area (Å²) in [5.41, 5.74) is 0.205. The van der Waals surface area contributed by atoms with E-state index in [2.05, 4.69) is 20.6 Å². The first kappa shape index (κ1) is 19.0. The smallest absolute Gasteiger partial charge is 0.273 e. The maximum Gasteiger partial charge on any atom is 0.273 e. The highest BCUT2D eigenvalue weighted by molar-refractivity contribution is 5.91. The lowest BCUT2D eigenvalue weighted by atomic mass is 10.2. The second kappa shape index (κ2) is 8.28. The maximum atomic E-state index is 14.0. The number of alkyl halides is 1. The summed E-state index contributed by atoms with van der Waals surface area (Å²) in [7, 11) is 0. The van der Waals surface area contributed by atoms with Crippen LogP contribution in [0.15, 0.2) is 24.9 Å². The van der Waals surface area contributed by atoms with E-state index in [0.717, 1.165) is 0 Å². The van der Waals surface area contributed by atoms with Gasteiger partial charge in [0.05, 0.1) is 31.7 Å². The molecule has 1 aliphatic heterocycles. The molecule has 2 atom stereocenters. The molecule has 0 unspecified atom stereocenters. The molecule has 27 heavy (non-hydrogen) atoms. The Hall–Kier alpha value is -2.78. The van der Waals surface area contributed by atoms with Crippen molar-refractivity contribution in [2.24, 2.45) is 0 Å². The first-order valence-corrected chi connectivity index (χ1v) is 9.02. The monoisotopic (exact) mass is 377 g/mol. The van der Waals surface area contributed by atoms with Crippen molar-refractivity contribution in [3.05, 3.63) is 30.6 Å². The Bertz CT molecular complexity index is 774. The highest BCUT2D eigenvalue weighted by Crippen LogP contribution is 2.22. The molecule has 0 spiro atoms. The standard InChI is InChI=1S/C17H24FN7O2/c1-12(2)20-17(27)15-10-24(22-21-15)9-14-7-13(18)8-25(14)16(26)3-5-23-6-4-19-11-23/h4,6,10-14H,3,5,7-9H2,1-2H3,(H,20,27)/t13-,14-/m0/s1. The van der Waals surface area contributed by atoms with E-state index in [1.54, 1.807) is 23.6 Å². The largest absolute Gasteiger partial charge is 0.348 e. The molecule has 2 aromatic heterocycles. The van der Waals surface area contributed by atoms with Gasteiger partial charge in [-0.2, -0.15) is 0 Å². The van der Waals surface area contributed by atoms with Gasteiger partial charge in [0.15, 0.2) is 5.69 Å². The van der Waals surface area contributed by atoms with Crippen molar-refractivity contribution < 1.29 is 14.0 Å². The zero-order valence-electron chi connectivity index (χ0n) is 15.5. The van der Waals surface area contributed by atoms with E-state index in [9.17, 15) is 14.0 Å². The first-order chi connectivity index (χ1) is 12.9. The van der Waals surface area contributed by atoms with E-state index in [1.807, 2.05) is 18.4 Å². The van der Waals surface area contributed by atoms with E-state index in [0.29, 0.717) is 13.1 Å². The molecule has 3 heterocycles. The molecule has 1 saturated heterocycles. The van der Waals surface area contributed by atoms with Crippen LogP contribution in [-0.2, 0) is 17.9 Å². The minimum absolute atomic E-state index is 0.00612. The van der Waals surface area contributed by atoms with Crippen LogP contribution in [0.2, 0.25) is 0 Å². The van der Waals surface area contributed by atoms with E-state index in [1.165, 1.54) is 10.9 Å². The number of carbonyl (C=O) groups is 2. The van der Waals surface area contributed by atoms with Crippen LogP contribution in [0, 0.1) is 0 Å². The number of halogens is 1. The molecule has 0 aromatic carbocycles. The molecular formula is C17H24FN7O2.